The van der Waals surface area contributed by atoms with Crippen LogP contribution in [0.5, 0.6) is 11.5 Å². The minimum Gasteiger partial charge on any atom is -0.497 e. The topological polar surface area (TPSA) is 89.2 Å². The first-order valence-corrected chi connectivity index (χ1v) is 10.9. The van der Waals surface area contributed by atoms with Gasteiger partial charge in [0.05, 0.1) is 20.0 Å². The molecule has 0 radical (unpaired) electrons. The molecule has 7 heteroatoms. The largest absolute Gasteiger partial charge is 0.497 e. The van der Waals surface area contributed by atoms with Crippen LogP contribution in [0.4, 0.5) is 0 Å². The molecule has 33 heavy (non-hydrogen) atoms. The Balaban J connectivity index is 1.62. The molecule has 3 rings (SSSR count). The summed E-state index contributed by atoms with van der Waals surface area (Å²) in [7, 11) is 3.34. The van der Waals surface area contributed by atoms with E-state index in [0.717, 1.165) is 29.7 Å². The second-order valence-corrected chi connectivity index (χ2v) is 7.74. The van der Waals surface area contributed by atoms with E-state index in [0.29, 0.717) is 36.6 Å². The van der Waals surface area contributed by atoms with E-state index in [1.54, 1.807) is 37.5 Å². The number of benzene rings is 2. The van der Waals surface area contributed by atoms with E-state index < -0.39 is 5.97 Å². The molecule has 0 atom stereocenters. The van der Waals surface area contributed by atoms with E-state index in [-0.39, 0.29) is 12.3 Å². The van der Waals surface area contributed by atoms with Crippen molar-refractivity contribution in [3.63, 3.8) is 0 Å². The van der Waals surface area contributed by atoms with Crippen molar-refractivity contribution < 1.29 is 28.6 Å². The number of ether oxygens (including phenoxy) is 2. The molecular formula is C26H29NO6. The van der Waals surface area contributed by atoms with Gasteiger partial charge in [0.2, 0.25) is 0 Å². The Labute approximate surface area is 193 Å². The van der Waals surface area contributed by atoms with E-state index in [2.05, 4.69) is 0 Å². The zero-order valence-corrected chi connectivity index (χ0v) is 19.0. The van der Waals surface area contributed by atoms with Crippen LogP contribution >= 0.6 is 0 Å². The van der Waals surface area contributed by atoms with Gasteiger partial charge in [0.15, 0.2) is 0 Å². The summed E-state index contributed by atoms with van der Waals surface area (Å²) in [5.41, 5.74) is 2.32. The minimum atomic E-state index is -0.781. The molecule has 0 aliphatic heterocycles. The van der Waals surface area contributed by atoms with Crippen molar-refractivity contribution in [3.8, 4) is 22.8 Å². The van der Waals surface area contributed by atoms with Crippen molar-refractivity contribution in [2.75, 3.05) is 20.8 Å². The lowest BCUT2D eigenvalue weighted by molar-refractivity contribution is -0.137. The molecule has 0 aliphatic rings. The van der Waals surface area contributed by atoms with Crippen molar-refractivity contribution >= 4 is 11.9 Å². The fraction of sp³-hybridized carbons (Fsp3) is 0.308. The first kappa shape index (κ1) is 23.9. The van der Waals surface area contributed by atoms with Gasteiger partial charge in [-0.15, -0.1) is 0 Å². The number of unbranched alkanes of at least 4 members (excludes halogenated alkanes) is 2. The fourth-order valence-corrected chi connectivity index (χ4v) is 3.45. The number of carboxylic acid groups (broad SMARTS) is 1. The molecule has 0 spiro atoms. The Morgan fingerprint density at radius 3 is 2.48 bits per heavy atom. The predicted molar refractivity (Wildman–Crippen MR) is 125 cm³/mol. The van der Waals surface area contributed by atoms with Gasteiger partial charge in [-0.1, -0.05) is 12.1 Å². The number of carboxylic acids is 1. The van der Waals surface area contributed by atoms with Gasteiger partial charge in [-0.3, -0.25) is 9.59 Å². The lowest BCUT2D eigenvalue weighted by atomic mass is 10.1. The normalized spacial score (nSPS) is 10.6. The molecule has 1 N–H and O–H groups in total. The number of carbonyl (C=O) groups is 2. The number of carbonyl (C=O) groups excluding carboxylic acids is 1. The number of aliphatic carboxylic acids is 1. The Morgan fingerprint density at radius 2 is 1.82 bits per heavy atom. The molecule has 1 heterocycles. The highest BCUT2D eigenvalue weighted by Gasteiger charge is 2.16. The molecule has 0 unspecified atom stereocenters. The quantitative estimate of drug-likeness (QED) is 0.378. The van der Waals surface area contributed by atoms with E-state index in [4.69, 9.17) is 19.0 Å². The SMILES string of the molecule is COc1ccc(OCCCCCC(=O)O)c(CN(C)C(=O)c2ccc(-c3ccco3)cc2)c1. The summed E-state index contributed by atoms with van der Waals surface area (Å²) in [6.07, 6.45) is 3.96. The van der Waals surface area contributed by atoms with E-state index in [9.17, 15) is 9.59 Å². The van der Waals surface area contributed by atoms with Crippen LogP contribution in [0, 0.1) is 0 Å². The van der Waals surface area contributed by atoms with Gasteiger partial charge in [-0.05, 0) is 61.7 Å². The number of methoxy groups -OCH3 is 1. The Bertz CT molecular complexity index is 1040. The molecule has 7 nitrogen and oxygen atoms in total. The molecule has 0 bridgehead atoms. The van der Waals surface area contributed by atoms with Crippen LogP contribution in [0.1, 0.15) is 41.6 Å². The van der Waals surface area contributed by atoms with Crippen LogP contribution < -0.4 is 9.47 Å². The maximum absolute atomic E-state index is 13.0. The summed E-state index contributed by atoms with van der Waals surface area (Å²) in [5.74, 6) is 1.23. The number of rotatable bonds is 12. The molecule has 1 amide bonds. The Hall–Kier alpha value is -3.74. The van der Waals surface area contributed by atoms with Crippen molar-refractivity contribution in [1.29, 1.82) is 0 Å². The first-order chi connectivity index (χ1) is 16.0. The summed E-state index contributed by atoms with van der Waals surface area (Å²) in [6.45, 7) is 0.829. The number of nitrogens with zero attached hydrogens (tertiary/aromatic N) is 1. The van der Waals surface area contributed by atoms with E-state index >= 15 is 0 Å². The molecule has 1 aromatic heterocycles. The number of furan rings is 1. The summed E-state index contributed by atoms with van der Waals surface area (Å²) >= 11 is 0. The second kappa shape index (κ2) is 11.8. The number of hydrogen-bond donors (Lipinski definition) is 1. The molecular weight excluding hydrogens is 422 g/mol. The van der Waals surface area contributed by atoms with Crippen molar-refractivity contribution in [2.45, 2.75) is 32.2 Å². The van der Waals surface area contributed by atoms with Gasteiger partial charge in [0.25, 0.3) is 5.91 Å². The van der Waals surface area contributed by atoms with E-state index in [1.807, 2.05) is 42.5 Å². The van der Waals surface area contributed by atoms with E-state index in [1.165, 1.54) is 0 Å². The molecule has 0 fully saturated rings. The van der Waals surface area contributed by atoms with Crippen molar-refractivity contribution in [1.82, 2.24) is 4.90 Å². The number of amides is 1. The first-order valence-electron chi connectivity index (χ1n) is 10.9. The van der Waals surface area contributed by atoms with Gasteiger partial charge in [-0.25, -0.2) is 0 Å². The van der Waals surface area contributed by atoms with Crippen LogP contribution in [-0.4, -0.2) is 42.6 Å². The molecule has 174 valence electrons. The molecule has 0 saturated carbocycles. The second-order valence-electron chi connectivity index (χ2n) is 7.74. The van der Waals surface area contributed by atoms with Crippen LogP contribution in [0.3, 0.4) is 0 Å². The number of hydrogen-bond acceptors (Lipinski definition) is 5. The maximum atomic E-state index is 13.0. The summed E-state index contributed by atoms with van der Waals surface area (Å²) in [5, 5.41) is 8.72. The van der Waals surface area contributed by atoms with Crippen molar-refractivity contribution in [3.05, 3.63) is 72.0 Å². The smallest absolute Gasteiger partial charge is 0.303 e. The Kier molecular flexibility index (Phi) is 8.52. The van der Waals surface area contributed by atoms with Crippen LogP contribution in [0.25, 0.3) is 11.3 Å². The fourth-order valence-electron chi connectivity index (χ4n) is 3.45. The lowest BCUT2D eigenvalue weighted by Gasteiger charge is -2.20. The average Bonchev–Trinajstić information content (AvgIpc) is 3.36. The van der Waals surface area contributed by atoms with Gasteiger partial charge >= 0.3 is 5.97 Å². The van der Waals surface area contributed by atoms with Crippen LogP contribution in [-0.2, 0) is 11.3 Å². The maximum Gasteiger partial charge on any atom is 0.303 e. The van der Waals surface area contributed by atoms with Gasteiger partial charge in [0.1, 0.15) is 17.3 Å². The van der Waals surface area contributed by atoms with Crippen LogP contribution in [0.15, 0.2) is 65.3 Å². The highest BCUT2D eigenvalue weighted by atomic mass is 16.5. The van der Waals surface area contributed by atoms with Gasteiger partial charge in [0, 0.05) is 36.7 Å². The molecule has 0 saturated heterocycles. The highest BCUT2D eigenvalue weighted by molar-refractivity contribution is 5.94. The minimum absolute atomic E-state index is 0.108. The summed E-state index contributed by atoms with van der Waals surface area (Å²) < 4.78 is 16.7. The third kappa shape index (κ3) is 6.87. The average molecular weight is 452 g/mol. The molecule has 2 aromatic carbocycles. The van der Waals surface area contributed by atoms with Gasteiger partial charge < -0.3 is 23.9 Å². The molecule has 0 aliphatic carbocycles. The lowest BCUT2D eigenvalue weighted by Crippen LogP contribution is -2.26. The zero-order valence-electron chi connectivity index (χ0n) is 19.0. The molecule has 3 aromatic rings. The third-order valence-corrected chi connectivity index (χ3v) is 5.25. The predicted octanol–water partition coefficient (Wildman–Crippen LogP) is 5.25. The Morgan fingerprint density at radius 1 is 1.03 bits per heavy atom. The van der Waals surface area contributed by atoms with Gasteiger partial charge in [-0.2, -0.15) is 0 Å². The highest BCUT2D eigenvalue weighted by Crippen LogP contribution is 2.27. The third-order valence-electron chi connectivity index (χ3n) is 5.25. The van der Waals surface area contributed by atoms with Crippen molar-refractivity contribution in [2.24, 2.45) is 0 Å². The standard InChI is InChI=1S/C26H29NO6/c1-27(26(30)20-11-9-19(10-12-20)23-7-6-16-33-23)18-21-17-22(31-2)13-14-24(21)32-15-5-3-4-8-25(28)29/h6-7,9-14,16-17H,3-5,8,15,18H2,1-2H3,(H,28,29). The zero-order chi connectivity index (χ0) is 23.6. The summed E-state index contributed by atoms with van der Waals surface area (Å²) in [6, 6.07) is 16.5. The monoisotopic (exact) mass is 451 g/mol. The van der Waals surface area contributed by atoms with Crippen LogP contribution in [0.2, 0.25) is 0 Å². The summed E-state index contributed by atoms with van der Waals surface area (Å²) in [4.78, 5) is 25.2.